The van der Waals surface area contributed by atoms with E-state index in [1.165, 1.54) is 19.1 Å². The minimum atomic E-state index is -1.00. The van der Waals surface area contributed by atoms with E-state index in [0.717, 1.165) is 0 Å². The zero-order valence-corrected chi connectivity index (χ0v) is 18.8. The number of carbonyl (C=O) groups is 4. The summed E-state index contributed by atoms with van der Waals surface area (Å²) < 4.78 is 20.6. The van der Waals surface area contributed by atoms with Crippen molar-refractivity contribution in [2.24, 2.45) is 17.6 Å². The average Bonchev–Trinajstić information content (AvgIpc) is 2.67. The first-order valence-electron chi connectivity index (χ1n) is 10.1. The van der Waals surface area contributed by atoms with Crippen LogP contribution < -0.4 is 15.2 Å². The van der Waals surface area contributed by atoms with Crippen molar-refractivity contribution in [3.63, 3.8) is 0 Å². The van der Waals surface area contributed by atoms with E-state index in [4.69, 9.17) is 24.7 Å². The van der Waals surface area contributed by atoms with Gasteiger partial charge in [0.15, 0.2) is 11.5 Å². The molecule has 2 atom stereocenters. The Morgan fingerprint density at radius 1 is 0.871 bits per heavy atom. The lowest BCUT2D eigenvalue weighted by atomic mass is 10.1. The van der Waals surface area contributed by atoms with Crippen LogP contribution in [-0.4, -0.2) is 42.6 Å². The highest BCUT2D eigenvalue weighted by atomic mass is 16.6. The van der Waals surface area contributed by atoms with Crippen molar-refractivity contribution in [2.45, 2.75) is 60.1 Å². The molecule has 1 aromatic rings. The van der Waals surface area contributed by atoms with Crippen LogP contribution >= 0.6 is 0 Å². The van der Waals surface area contributed by atoms with Gasteiger partial charge in [0, 0.05) is 6.92 Å². The van der Waals surface area contributed by atoms with E-state index < -0.39 is 41.9 Å². The van der Waals surface area contributed by atoms with Crippen LogP contribution in [0, 0.1) is 11.8 Å². The van der Waals surface area contributed by atoms with E-state index in [0.29, 0.717) is 5.56 Å². The van der Waals surface area contributed by atoms with E-state index >= 15 is 0 Å². The SMILES string of the molecule is CC(=O)OC[C@@H](C)OC(=O)[C@@H](N)Cc1ccc(OC(=O)C(C)C)c(OC(=O)C(C)C)c1. The molecule has 0 aliphatic heterocycles. The van der Waals surface area contributed by atoms with Crippen LogP contribution in [-0.2, 0) is 35.1 Å². The summed E-state index contributed by atoms with van der Waals surface area (Å²) in [4.78, 5) is 47.1. The van der Waals surface area contributed by atoms with Gasteiger partial charge < -0.3 is 24.7 Å². The molecule has 172 valence electrons. The maximum Gasteiger partial charge on any atom is 0.323 e. The van der Waals surface area contributed by atoms with E-state index in [9.17, 15) is 19.2 Å². The minimum Gasteiger partial charge on any atom is -0.462 e. The maximum absolute atomic E-state index is 12.2. The Morgan fingerprint density at radius 3 is 1.94 bits per heavy atom. The number of esters is 4. The van der Waals surface area contributed by atoms with E-state index in [1.807, 2.05) is 0 Å². The first-order valence-corrected chi connectivity index (χ1v) is 10.1. The lowest BCUT2D eigenvalue weighted by Crippen LogP contribution is -2.37. The molecule has 0 bridgehead atoms. The second kappa shape index (κ2) is 12.0. The van der Waals surface area contributed by atoms with E-state index in [-0.39, 0.29) is 30.4 Å². The van der Waals surface area contributed by atoms with Crippen LogP contribution in [0.15, 0.2) is 18.2 Å². The quantitative estimate of drug-likeness (QED) is 0.432. The highest BCUT2D eigenvalue weighted by Crippen LogP contribution is 2.30. The van der Waals surface area contributed by atoms with Gasteiger partial charge in [-0.2, -0.15) is 0 Å². The Bertz CT molecular complexity index is 803. The Labute approximate surface area is 182 Å². The number of hydrogen-bond donors (Lipinski definition) is 1. The molecule has 31 heavy (non-hydrogen) atoms. The molecule has 0 spiro atoms. The van der Waals surface area contributed by atoms with Crippen LogP contribution in [0.2, 0.25) is 0 Å². The fourth-order valence-corrected chi connectivity index (χ4v) is 2.19. The third-order valence-corrected chi connectivity index (χ3v) is 3.97. The molecule has 9 nitrogen and oxygen atoms in total. The molecule has 0 saturated heterocycles. The van der Waals surface area contributed by atoms with Crippen molar-refractivity contribution in [1.82, 2.24) is 0 Å². The standard InChI is InChI=1S/C22H31NO8/c1-12(2)20(25)30-18-8-7-16(10-19(18)31-21(26)13(3)4)9-17(23)22(27)29-14(5)11-28-15(6)24/h7-8,10,12-14,17H,9,11,23H2,1-6H3/t14-,17+/m1/s1. The van der Waals surface area contributed by atoms with Gasteiger partial charge in [-0.05, 0) is 31.0 Å². The van der Waals surface area contributed by atoms with Gasteiger partial charge >= 0.3 is 23.9 Å². The van der Waals surface area contributed by atoms with Crippen molar-refractivity contribution in [1.29, 1.82) is 0 Å². The number of carbonyl (C=O) groups excluding carboxylic acids is 4. The van der Waals surface area contributed by atoms with Gasteiger partial charge in [-0.15, -0.1) is 0 Å². The van der Waals surface area contributed by atoms with Gasteiger partial charge in [-0.3, -0.25) is 19.2 Å². The maximum atomic E-state index is 12.2. The van der Waals surface area contributed by atoms with Gasteiger partial charge in [-0.1, -0.05) is 33.8 Å². The molecule has 0 fully saturated rings. The molecule has 9 heteroatoms. The molecule has 1 rings (SSSR count). The normalized spacial score (nSPS) is 12.8. The number of benzene rings is 1. The lowest BCUT2D eigenvalue weighted by molar-refractivity contribution is -0.157. The van der Waals surface area contributed by atoms with Gasteiger partial charge in [0.1, 0.15) is 18.8 Å². The van der Waals surface area contributed by atoms with Crippen molar-refractivity contribution in [3.05, 3.63) is 23.8 Å². The third-order valence-electron chi connectivity index (χ3n) is 3.97. The molecular weight excluding hydrogens is 406 g/mol. The second-order valence-corrected chi connectivity index (χ2v) is 7.79. The lowest BCUT2D eigenvalue weighted by Gasteiger charge is -2.18. The fraction of sp³-hybridized carbons (Fsp3) is 0.545. The fourth-order valence-electron chi connectivity index (χ4n) is 2.19. The van der Waals surface area contributed by atoms with Crippen LogP contribution in [0.4, 0.5) is 0 Å². The molecule has 0 unspecified atom stereocenters. The molecule has 0 heterocycles. The Kier molecular flexibility index (Phi) is 10.1. The predicted octanol–water partition coefficient (Wildman–Crippen LogP) is 2.17. The van der Waals surface area contributed by atoms with Gasteiger partial charge in [0.05, 0.1) is 11.8 Å². The van der Waals surface area contributed by atoms with Crippen LogP contribution in [0.3, 0.4) is 0 Å². The second-order valence-electron chi connectivity index (χ2n) is 7.79. The summed E-state index contributed by atoms with van der Waals surface area (Å²) in [5.41, 5.74) is 6.51. The highest BCUT2D eigenvalue weighted by molar-refractivity contribution is 5.78. The summed E-state index contributed by atoms with van der Waals surface area (Å²) in [6.07, 6.45) is -0.563. The smallest absolute Gasteiger partial charge is 0.323 e. The minimum absolute atomic E-state index is 0.0639. The molecule has 0 aliphatic carbocycles. The zero-order valence-electron chi connectivity index (χ0n) is 18.8. The number of ether oxygens (including phenoxy) is 4. The average molecular weight is 437 g/mol. The molecule has 0 saturated carbocycles. The molecule has 0 radical (unpaired) electrons. The third kappa shape index (κ3) is 9.17. The van der Waals surface area contributed by atoms with Gasteiger partial charge in [0.2, 0.25) is 0 Å². The van der Waals surface area contributed by atoms with Gasteiger partial charge in [-0.25, -0.2) is 0 Å². The summed E-state index contributed by atoms with van der Waals surface area (Å²) in [7, 11) is 0. The van der Waals surface area contributed by atoms with Crippen LogP contribution in [0.5, 0.6) is 11.5 Å². The van der Waals surface area contributed by atoms with Crippen LogP contribution in [0.25, 0.3) is 0 Å². The Balaban J connectivity index is 2.93. The predicted molar refractivity (Wildman–Crippen MR) is 111 cm³/mol. The Hall–Kier alpha value is -2.94. The number of hydrogen-bond acceptors (Lipinski definition) is 9. The van der Waals surface area contributed by atoms with Crippen molar-refractivity contribution in [3.8, 4) is 11.5 Å². The number of nitrogens with two attached hydrogens (primary N) is 1. The summed E-state index contributed by atoms with van der Waals surface area (Å²) in [6, 6.07) is 3.60. The van der Waals surface area contributed by atoms with Crippen molar-refractivity contribution >= 4 is 23.9 Å². The summed E-state index contributed by atoms with van der Waals surface area (Å²) in [5.74, 6) is -2.72. The summed E-state index contributed by atoms with van der Waals surface area (Å²) >= 11 is 0. The van der Waals surface area contributed by atoms with Crippen molar-refractivity contribution in [2.75, 3.05) is 6.61 Å². The zero-order chi connectivity index (χ0) is 23.7. The molecule has 2 N–H and O–H groups in total. The first kappa shape index (κ1) is 26.1. The van der Waals surface area contributed by atoms with Gasteiger partial charge in [0.25, 0.3) is 0 Å². The summed E-state index contributed by atoms with van der Waals surface area (Å²) in [6.45, 7) is 9.48. The summed E-state index contributed by atoms with van der Waals surface area (Å²) in [5, 5.41) is 0. The Morgan fingerprint density at radius 2 is 1.42 bits per heavy atom. The van der Waals surface area contributed by atoms with E-state index in [2.05, 4.69) is 0 Å². The first-order chi connectivity index (χ1) is 14.4. The highest BCUT2D eigenvalue weighted by Gasteiger charge is 2.22. The molecule has 0 amide bonds. The molecule has 0 aliphatic rings. The topological polar surface area (TPSA) is 131 Å². The van der Waals surface area contributed by atoms with Crippen LogP contribution in [0.1, 0.15) is 47.1 Å². The largest absolute Gasteiger partial charge is 0.462 e. The van der Waals surface area contributed by atoms with E-state index in [1.54, 1.807) is 40.7 Å². The van der Waals surface area contributed by atoms with Crippen molar-refractivity contribution < 1.29 is 38.1 Å². The molecule has 0 aromatic heterocycles. The molecule has 1 aromatic carbocycles. The number of rotatable bonds is 10. The monoisotopic (exact) mass is 437 g/mol. The molecular formula is C22H31NO8.